The first-order valence-electron chi connectivity index (χ1n) is 13.0. The van der Waals surface area contributed by atoms with Crippen LogP contribution in [0.2, 0.25) is 0 Å². The van der Waals surface area contributed by atoms with Crippen molar-refractivity contribution < 1.29 is 9.47 Å². The van der Waals surface area contributed by atoms with Gasteiger partial charge in [-0.2, -0.15) is 17.0 Å². The number of ether oxygens (including phenoxy) is 2. The van der Waals surface area contributed by atoms with Gasteiger partial charge >= 0.3 is 0 Å². The van der Waals surface area contributed by atoms with Crippen LogP contribution in [0.25, 0.3) is 11.1 Å². The molecule has 4 aromatic rings. The average Bonchev–Trinajstić information content (AvgIpc) is 2.98. The monoisotopic (exact) mass is 600 g/mol. The van der Waals surface area contributed by atoms with Gasteiger partial charge in [-0.25, -0.2) is 0 Å². The summed E-state index contributed by atoms with van der Waals surface area (Å²) >= 11 is 5.66. The molecular formula is C33H33BrN2O2S. The van der Waals surface area contributed by atoms with Gasteiger partial charge < -0.3 is 14.8 Å². The molecular weight excluding hydrogens is 568 g/mol. The maximum atomic E-state index is 9.25. The van der Waals surface area contributed by atoms with E-state index in [0.29, 0.717) is 31.4 Å². The standard InChI is InChI=1S/C33H33BrN2O2S/c1-24(16-17-39-2)36-21-28-14-15-30(19-32(28)38-22-26-9-6-8-25(18-26)20-35)37-23-29-12-7-13-31(33(29)34)27-10-4-3-5-11-27/h3-15,18-19,24,36H,16-17,21-23H2,1-2H3. The molecule has 1 N–H and O–H groups in total. The number of nitriles is 1. The average molecular weight is 602 g/mol. The molecule has 0 aliphatic carbocycles. The van der Waals surface area contributed by atoms with Crippen molar-refractivity contribution in [1.29, 1.82) is 5.26 Å². The first-order valence-corrected chi connectivity index (χ1v) is 15.2. The van der Waals surface area contributed by atoms with Crippen molar-refractivity contribution in [1.82, 2.24) is 5.32 Å². The summed E-state index contributed by atoms with van der Waals surface area (Å²) in [7, 11) is 0. The van der Waals surface area contributed by atoms with E-state index in [9.17, 15) is 5.26 Å². The summed E-state index contributed by atoms with van der Waals surface area (Å²) in [5.41, 5.74) is 6.01. The topological polar surface area (TPSA) is 54.3 Å². The highest BCUT2D eigenvalue weighted by molar-refractivity contribution is 9.10. The highest BCUT2D eigenvalue weighted by Crippen LogP contribution is 2.32. The molecule has 4 nitrogen and oxygen atoms in total. The summed E-state index contributed by atoms with van der Waals surface area (Å²) in [5, 5.41) is 12.9. The predicted molar refractivity (Wildman–Crippen MR) is 165 cm³/mol. The molecule has 0 aliphatic heterocycles. The first-order chi connectivity index (χ1) is 19.1. The second kappa shape index (κ2) is 14.8. The number of hydrogen-bond acceptors (Lipinski definition) is 5. The van der Waals surface area contributed by atoms with Crippen molar-refractivity contribution in [3.05, 3.63) is 118 Å². The number of benzene rings is 4. The lowest BCUT2D eigenvalue weighted by atomic mass is 10.0. The lowest BCUT2D eigenvalue weighted by molar-refractivity contribution is 0.286. The Morgan fingerprint density at radius 1 is 0.897 bits per heavy atom. The van der Waals surface area contributed by atoms with Gasteiger partial charge in [-0.15, -0.1) is 0 Å². The highest BCUT2D eigenvalue weighted by Gasteiger charge is 2.12. The molecule has 1 unspecified atom stereocenters. The van der Waals surface area contributed by atoms with Gasteiger partial charge in [-0.3, -0.25) is 0 Å². The zero-order chi connectivity index (χ0) is 27.5. The Morgan fingerprint density at radius 2 is 1.72 bits per heavy atom. The van der Waals surface area contributed by atoms with Gasteiger partial charge in [0.05, 0.1) is 11.6 Å². The summed E-state index contributed by atoms with van der Waals surface area (Å²) in [4.78, 5) is 0. The van der Waals surface area contributed by atoms with E-state index in [-0.39, 0.29) is 0 Å². The summed E-state index contributed by atoms with van der Waals surface area (Å²) < 4.78 is 13.6. The minimum Gasteiger partial charge on any atom is -0.489 e. The predicted octanol–water partition coefficient (Wildman–Crippen LogP) is 8.38. The zero-order valence-corrected chi connectivity index (χ0v) is 24.7. The van der Waals surface area contributed by atoms with Crippen molar-refractivity contribution in [3.63, 3.8) is 0 Å². The van der Waals surface area contributed by atoms with E-state index >= 15 is 0 Å². The quantitative estimate of drug-likeness (QED) is 0.167. The largest absolute Gasteiger partial charge is 0.489 e. The van der Waals surface area contributed by atoms with Crippen LogP contribution >= 0.6 is 27.7 Å². The molecule has 0 aromatic heterocycles. The Kier molecular flexibility index (Phi) is 10.9. The fraction of sp³-hybridized carbons (Fsp3) is 0.242. The Hall–Kier alpha value is -3.24. The molecule has 0 spiro atoms. The number of halogens is 1. The van der Waals surface area contributed by atoms with Crippen LogP contribution in [0.3, 0.4) is 0 Å². The third-order valence-corrected chi connectivity index (χ3v) is 8.02. The van der Waals surface area contributed by atoms with E-state index in [4.69, 9.17) is 9.47 Å². The molecule has 4 rings (SSSR count). The molecule has 0 saturated heterocycles. The van der Waals surface area contributed by atoms with Gasteiger partial charge in [0.2, 0.25) is 0 Å². The summed E-state index contributed by atoms with van der Waals surface area (Å²) in [6.07, 6.45) is 3.24. The van der Waals surface area contributed by atoms with Crippen LogP contribution in [-0.4, -0.2) is 18.1 Å². The van der Waals surface area contributed by atoms with Gasteiger partial charge in [0, 0.05) is 34.3 Å². The third-order valence-electron chi connectivity index (χ3n) is 6.44. The lowest BCUT2D eigenvalue weighted by Crippen LogP contribution is -2.26. The zero-order valence-electron chi connectivity index (χ0n) is 22.3. The molecule has 39 heavy (non-hydrogen) atoms. The van der Waals surface area contributed by atoms with E-state index in [1.165, 1.54) is 0 Å². The van der Waals surface area contributed by atoms with E-state index in [0.717, 1.165) is 56.0 Å². The maximum Gasteiger partial charge on any atom is 0.127 e. The van der Waals surface area contributed by atoms with Crippen molar-refractivity contribution >= 4 is 27.7 Å². The van der Waals surface area contributed by atoms with Gasteiger partial charge in [0.15, 0.2) is 0 Å². The molecule has 0 amide bonds. The maximum absolute atomic E-state index is 9.25. The van der Waals surface area contributed by atoms with Crippen molar-refractivity contribution in [2.24, 2.45) is 0 Å². The minimum absolute atomic E-state index is 0.374. The summed E-state index contributed by atoms with van der Waals surface area (Å²) in [6, 6.07) is 32.7. The minimum atomic E-state index is 0.374. The van der Waals surface area contributed by atoms with Crippen LogP contribution in [0.1, 0.15) is 35.6 Å². The highest BCUT2D eigenvalue weighted by atomic mass is 79.9. The van der Waals surface area contributed by atoms with Crippen LogP contribution in [0.5, 0.6) is 11.5 Å². The molecule has 0 aliphatic rings. The second-order valence-electron chi connectivity index (χ2n) is 9.37. The van der Waals surface area contributed by atoms with E-state index < -0.39 is 0 Å². The number of nitrogens with zero attached hydrogens (tertiary/aromatic N) is 1. The van der Waals surface area contributed by atoms with Crippen LogP contribution in [0.4, 0.5) is 0 Å². The molecule has 200 valence electrons. The van der Waals surface area contributed by atoms with Gasteiger partial charge in [0.1, 0.15) is 24.7 Å². The lowest BCUT2D eigenvalue weighted by Gasteiger charge is -2.18. The molecule has 0 fully saturated rings. The van der Waals surface area contributed by atoms with Crippen molar-refractivity contribution in [3.8, 4) is 28.7 Å². The summed E-state index contributed by atoms with van der Waals surface area (Å²) in [5.74, 6) is 2.64. The number of thioether (sulfide) groups is 1. The molecule has 1 atom stereocenters. The van der Waals surface area contributed by atoms with Gasteiger partial charge in [-0.05, 0) is 76.2 Å². The number of rotatable bonds is 13. The Bertz CT molecular complexity index is 1400. The fourth-order valence-electron chi connectivity index (χ4n) is 4.17. The Balaban J connectivity index is 1.50. The van der Waals surface area contributed by atoms with E-state index in [1.807, 2.05) is 60.3 Å². The Labute approximate surface area is 244 Å². The first kappa shape index (κ1) is 28.8. The second-order valence-corrected chi connectivity index (χ2v) is 11.1. The van der Waals surface area contributed by atoms with E-state index in [1.54, 1.807) is 6.07 Å². The van der Waals surface area contributed by atoms with Crippen LogP contribution in [0, 0.1) is 11.3 Å². The van der Waals surface area contributed by atoms with Gasteiger partial charge in [-0.1, -0.05) is 66.7 Å². The van der Waals surface area contributed by atoms with Crippen LogP contribution in [-0.2, 0) is 19.8 Å². The van der Waals surface area contributed by atoms with E-state index in [2.05, 4.69) is 76.9 Å². The van der Waals surface area contributed by atoms with Crippen LogP contribution in [0.15, 0.2) is 95.5 Å². The van der Waals surface area contributed by atoms with Crippen molar-refractivity contribution in [2.45, 2.75) is 39.1 Å². The third kappa shape index (κ3) is 8.37. The molecule has 0 saturated carbocycles. The molecule has 0 heterocycles. The summed E-state index contributed by atoms with van der Waals surface area (Å²) in [6.45, 7) is 3.71. The number of hydrogen-bond donors (Lipinski definition) is 1. The molecule has 6 heteroatoms. The van der Waals surface area contributed by atoms with Gasteiger partial charge in [0.25, 0.3) is 0 Å². The number of nitrogens with one attached hydrogen (secondary N) is 1. The molecule has 0 bridgehead atoms. The molecule has 4 aromatic carbocycles. The smallest absolute Gasteiger partial charge is 0.127 e. The van der Waals surface area contributed by atoms with Crippen molar-refractivity contribution in [2.75, 3.05) is 12.0 Å². The normalized spacial score (nSPS) is 11.5. The Morgan fingerprint density at radius 3 is 2.51 bits per heavy atom. The SMILES string of the molecule is CSCCC(C)NCc1ccc(OCc2cccc(-c3ccccc3)c2Br)cc1OCc1cccc(C#N)c1. The van der Waals surface area contributed by atoms with Crippen LogP contribution < -0.4 is 14.8 Å². The molecule has 0 radical (unpaired) electrons. The fourth-order valence-corrected chi connectivity index (χ4v) is 5.37.